The molecule has 1 aliphatic heterocycles. The van der Waals surface area contributed by atoms with Gasteiger partial charge in [0.05, 0.1) is 13.2 Å². The number of rotatable bonds is 6. The van der Waals surface area contributed by atoms with Crippen LogP contribution in [0.4, 0.5) is 5.69 Å². The molecule has 2 aromatic carbocycles. The Balaban J connectivity index is 1.70. The summed E-state index contributed by atoms with van der Waals surface area (Å²) in [5.41, 5.74) is 2.40. The van der Waals surface area contributed by atoms with E-state index in [0.29, 0.717) is 43.1 Å². The van der Waals surface area contributed by atoms with E-state index in [9.17, 15) is 14.4 Å². The highest BCUT2D eigenvalue weighted by Crippen LogP contribution is 2.16. The molecule has 7 heteroatoms. The lowest BCUT2D eigenvalue weighted by atomic mass is 10.0. The van der Waals surface area contributed by atoms with Gasteiger partial charge in [-0.25, -0.2) is 0 Å². The molecular formula is C24H29N3O4. The van der Waals surface area contributed by atoms with Crippen LogP contribution >= 0.6 is 0 Å². The third-order valence-corrected chi connectivity index (χ3v) is 5.30. The summed E-state index contributed by atoms with van der Waals surface area (Å²) in [5, 5.41) is 5.69. The van der Waals surface area contributed by atoms with E-state index in [1.807, 2.05) is 32.9 Å². The Morgan fingerprint density at radius 3 is 2.39 bits per heavy atom. The Kier molecular flexibility index (Phi) is 7.41. The number of benzene rings is 2. The van der Waals surface area contributed by atoms with Crippen LogP contribution in [0.3, 0.4) is 0 Å². The SMILES string of the molecule is Cc1ccccc1C(=O)NC(C(=O)Nc1cccc(C(=O)N2CCOCC2)c1)C(C)C. The molecule has 2 aromatic rings. The number of nitrogens with one attached hydrogen (secondary N) is 2. The van der Waals surface area contributed by atoms with Crippen LogP contribution in [-0.2, 0) is 9.53 Å². The lowest BCUT2D eigenvalue weighted by molar-refractivity contribution is -0.118. The van der Waals surface area contributed by atoms with Crippen LogP contribution in [0.2, 0.25) is 0 Å². The molecule has 1 saturated heterocycles. The molecule has 0 bridgehead atoms. The number of morpholine rings is 1. The van der Waals surface area contributed by atoms with Gasteiger partial charge in [-0.1, -0.05) is 38.1 Å². The third-order valence-electron chi connectivity index (χ3n) is 5.30. The monoisotopic (exact) mass is 423 g/mol. The first-order chi connectivity index (χ1) is 14.9. The van der Waals surface area contributed by atoms with E-state index in [1.165, 1.54) is 0 Å². The molecule has 3 rings (SSSR count). The Morgan fingerprint density at radius 2 is 1.71 bits per heavy atom. The van der Waals surface area contributed by atoms with Gasteiger partial charge >= 0.3 is 0 Å². The second-order valence-corrected chi connectivity index (χ2v) is 7.98. The predicted molar refractivity (Wildman–Crippen MR) is 119 cm³/mol. The molecule has 1 unspecified atom stereocenters. The Morgan fingerprint density at radius 1 is 1.00 bits per heavy atom. The van der Waals surface area contributed by atoms with Gasteiger partial charge in [0.25, 0.3) is 11.8 Å². The zero-order chi connectivity index (χ0) is 22.4. The normalized spacial score (nSPS) is 14.8. The van der Waals surface area contributed by atoms with Gasteiger partial charge in [-0.05, 0) is 42.7 Å². The van der Waals surface area contributed by atoms with E-state index in [1.54, 1.807) is 41.3 Å². The van der Waals surface area contributed by atoms with E-state index >= 15 is 0 Å². The Labute approximate surface area is 182 Å². The first-order valence-electron chi connectivity index (χ1n) is 10.5. The number of aryl methyl sites for hydroxylation is 1. The van der Waals surface area contributed by atoms with Gasteiger partial charge in [0.15, 0.2) is 0 Å². The lowest BCUT2D eigenvalue weighted by Gasteiger charge is -2.27. The van der Waals surface area contributed by atoms with Crippen molar-refractivity contribution in [3.8, 4) is 0 Å². The molecule has 1 heterocycles. The maximum Gasteiger partial charge on any atom is 0.254 e. The van der Waals surface area contributed by atoms with Gasteiger partial charge in [0.2, 0.25) is 5.91 Å². The van der Waals surface area contributed by atoms with Crippen molar-refractivity contribution in [1.82, 2.24) is 10.2 Å². The second-order valence-electron chi connectivity index (χ2n) is 7.98. The van der Waals surface area contributed by atoms with Crippen molar-refractivity contribution >= 4 is 23.4 Å². The summed E-state index contributed by atoms with van der Waals surface area (Å²) in [4.78, 5) is 40.1. The minimum absolute atomic E-state index is 0.0901. The fraction of sp³-hybridized carbons (Fsp3) is 0.375. The number of hydrogen-bond acceptors (Lipinski definition) is 4. The highest BCUT2D eigenvalue weighted by atomic mass is 16.5. The van der Waals surface area contributed by atoms with Crippen LogP contribution in [0.1, 0.15) is 40.1 Å². The lowest BCUT2D eigenvalue weighted by Crippen LogP contribution is -2.47. The molecule has 0 aromatic heterocycles. The summed E-state index contributed by atoms with van der Waals surface area (Å²) < 4.78 is 5.30. The number of carbonyl (C=O) groups is 3. The Bertz CT molecular complexity index is 951. The van der Waals surface area contributed by atoms with Gasteiger partial charge in [-0.3, -0.25) is 14.4 Å². The molecule has 7 nitrogen and oxygen atoms in total. The largest absolute Gasteiger partial charge is 0.378 e. The number of hydrogen-bond donors (Lipinski definition) is 2. The molecule has 1 fully saturated rings. The van der Waals surface area contributed by atoms with Crippen molar-refractivity contribution < 1.29 is 19.1 Å². The quantitative estimate of drug-likeness (QED) is 0.748. The van der Waals surface area contributed by atoms with Crippen LogP contribution in [-0.4, -0.2) is 55.0 Å². The number of nitrogens with zero attached hydrogens (tertiary/aromatic N) is 1. The number of anilines is 1. The molecule has 0 spiro atoms. The summed E-state index contributed by atoms with van der Waals surface area (Å²) >= 11 is 0. The summed E-state index contributed by atoms with van der Waals surface area (Å²) in [6.07, 6.45) is 0. The molecule has 2 N–H and O–H groups in total. The average molecular weight is 424 g/mol. The fourth-order valence-corrected chi connectivity index (χ4v) is 3.48. The number of amides is 3. The maximum atomic E-state index is 13.0. The highest BCUT2D eigenvalue weighted by Gasteiger charge is 2.26. The van der Waals surface area contributed by atoms with Crippen molar-refractivity contribution in [1.29, 1.82) is 0 Å². The zero-order valence-corrected chi connectivity index (χ0v) is 18.2. The summed E-state index contributed by atoms with van der Waals surface area (Å²) in [6.45, 7) is 7.76. The van der Waals surface area contributed by atoms with Gasteiger partial charge in [-0.15, -0.1) is 0 Å². The molecule has 164 valence electrons. The average Bonchev–Trinajstić information content (AvgIpc) is 2.77. The minimum atomic E-state index is -0.717. The molecular weight excluding hydrogens is 394 g/mol. The fourth-order valence-electron chi connectivity index (χ4n) is 3.48. The topological polar surface area (TPSA) is 87.7 Å². The van der Waals surface area contributed by atoms with Crippen LogP contribution in [0.15, 0.2) is 48.5 Å². The van der Waals surface area contributed by atoms with E-state index in [2.05, 4.69) is 10.6 Å². The van der Waals surface area contributed by atoms with E-state index in [4.69, 9.17) is 4.74 Å². The molecule has 1 atom stereocenters. The van der Waals surface area contributed by atoms with Crippen molar-refractivity contribution in [2.45, 2.75) is 26.8 Å². The van der Waals surface area contributed by atoms with Crippen molar-refractivity contribution in [3.63, 3.8) is 0 Å². The smallest absolute Gasteiger partial charge is 0.254 e. The summed E-state index contributed by atoms with van der Waals surface area (Å²) in [7, 11) is 0. The molecule has 31 heavy (non-hydrogen) atoms. The first-order valence-corrected chi connectivity index (χ1v) is 10.5. The van der Waals surface area contributed by atoms with E-state index in [0.717, 1.165) is 5.56 Å². The minimum Gasteiger partial charge on any atom is -0.378 e. The highest BCUT2D eigenvalue weighted by molar-refractivity contribution is 6.02. The van der Waals surface area contributed by atoms with Gasteiger partial charge in [0, 0.05) is 29.9 Å². The summed E-state index contributed by atoms with van der Waals surface area (Å²) in [5.74, 6) is -0.824. The Hall–Kier alpha value is -3.19. The molecule has 1 aliphatic rings. The predicted octanol–water partition coefficient (Wildman–Crippen LogP) is 2.86. The number of carbonyl (C=O) groups excluding carboxylic acids is 3. The van der Waals surface area contributed by atoms with Crippen LogP contribution in [0, 0.1) is 12.8 Å². The maximum absolute atomic E-state index is 13.0. The molecule has 0 radical (unpaired) electrons. The van der Waals surface area contributed by atoms with E-state index < -0.39 is 6.04 Å². The van der Waals surface area contributed by atoms with Crippen LogP contribution in [0.5, 0.6) is 0 Å². The van der Waals surface area contributed by atoms with E-state index in [-0.39, 0.29) is 23.6 Å². The number of ether oxygens (including phenoxy) is 1. The van der Waals surface area contributed by atoms with Gasteiger partial charge in [-0.2, -0.15) is 0 Å². The van der Waals surface area contributed by atoms with Crippen molar-refractivity contribution in [2.75, 3.05) is 31.6 Å². The summed E-state index contributed by atoms with van der Waals surface area (Å²) in [6, 6.07) is 13.4. The third kappa shape index (κ3) is 5.70. The molecule has 0 saturated carbocycles. The first kappa shape index (κ1) is 22.5. The second kappa shape index (κ2) is 10.2. The van der Waals surface area contributed by atoms with Crippen LogP contribution in [0.25, 0.3) is 0 Å². The van der Waals surface area contributed by atoms with Gasteiger partial charge in [0.1, 0.15) is 6.04 Å². The van der Waals surface area contributed by atoms with Crippen molar-refractivity contribution in [3.05, 3.63) is 65.2 Å². The van der Waals surface area contributed by atoms with Crippen molar-refractivity contribution in [2.24, 2.45) is 5.92 Å². The molecule has 0 aliphatic carbocycles. The molecule has 3 amide bonds. The zero-order valence-electron chi connectivity index (χ0n) is 18.2. The van der Waals surface area contributed by atoms with Gasteiger partial charge < -0.3 is 20.3 Å². The van der Waals surface area contributed by atoms with Crippen LogP contribution < -0.4 is 10.6 Å². The standard InChI is InChI=1S/C24H29N3O4/c1-16(2)21(26-22(28)20-10-5-4-7-17(20)3)23(29)25-19-9-6-8-18(15-19)24(30)27-11-13-31-14-12-27/h4-10,15-16,21H,11-14H2,1-3H3,(H,25,29)(H,26,28).